The summed E-state index contributed by atoms with van der Waals surface area (Å²) >= 11 is 0. The van der Waals surface area contributed by atoms with Gasteiger partial charge in [0, 0.05) is 18.2 Å². The van der Waals surface area contributed by atoms with Gasteiger partial charge in [-0.1, -0.05) is 12.1 Å². The van der Waals surface area contributed by atoms with Crippen molar-refractivity contribution in [1.82, 2.24) is 9.97 Å². The highest BCUT2D eigenvalue weighted by molar-refractivity contribution is 5.44. The zero-order chi connectivity index (χ0) is 18.0. The van der Waals surface area contributed by atoms with Crippen LogP contribution in [0, 0.1) is 5.82 Å². The van der Waals surface area contributed by atoms with Crippen LogP contribution in [0.3, 0.4) is 0 Å². The Balaban J connectivity index is 2.25. The highest BCUT2D eigenvalue weighted by atomic mass is 19.4. The highest BCUT2D eigenvalue weighted by Gasteiger charge is 2.34. The third kappa shape index (κ3) is 5.36. The van der Waals surface area contributed by atoms with Crippen molar-refractivity contribution in [3.63, 3.8) is 0 Å². The van der Waals surface area contributed by atoms with Crippen molar-refractivity contribution in [2.45, 2.75) is 39.0 Å². The summed E-state index contributed by atoms with van der Waals surface area (Å²) in [6.45, 7) is 5.50. The van der Waals surface area contributed by atoms with Gasteiger partial charge in [0.15, 0.2) is 5.69 Å². The number of halogens is 4. The Morgan fingerprint density at radius 3 is 2.33 bits per heavy atom. The molecule has 4 nitrogen and oxygen atoms in total. The molecule has 0 fully saturated rings. The van der Waals surface area contributed by atoms with E-state index in [4.69, 9.17) is 0 Å². The Hall–Kier alpha value is -2.38. The van der Waals surface area contributed by atoms with E-state index in [0.29, 0.717) is 5.56 Å². The zero-order valence-corrected chi connectivity index (χ0v) is 13.5. The average Bonchev–Trinajstić information content (AvgIpc) is 2.42. The Labute approximate surface area is 137 Å². The van der Waals surface area contributed by atoms with E-state index in [-0.39, 0.29) is 18.3 Å². The summed E-state index contributed by atoms with van der Waals surface area (Å²) in [5, 5.41) is 5.59. The maximum Gasteiger partial charge on any atom is 0.433 e. The predicted octanol–water partition coefficient (Wildman–Crippen LogP) is 4.46. The number of benzene rings is 1. The number of nitrogens with one attached hydrogen (secondary N) is 2. The van der Waals surface area contributed by atoms with Crippen molar-refractivity contribution in [1.29, 1.82) is 0 Å². The average molecular weight is 342 g/mol. The Kier molecular flexibility index (Phi) is 4.96. The van der Waals surface area contributed by atoms with Crippen molar-refractivity contribution in [3.8, 4) is 0 Å². The van der Waals surface area contributed by atoms with Gasteiger partial charge in [-0.15, -0.1) is 0 Å². The number of nitrogens with zero attached hydrogens (tertiary/aromatic N) is 2. The Morgan fingerprint density at radius 1 is 1.04 bits per heavy atom. The van der Waals surface area contributed by atoms with Gasteiger partial charge in [-0.25, -0.2) is 9.37 Å². The van der Waals surface area contributed by atoms with Gasteiger partial charge >= 0.3 is 6.18 Å². The van der Waals surface area contributed by atoms with Crippen molar-refractivity contribution >= 4 is 11.8 Å². The van der Waals surface area contributed by atoms with Crippen LogP contribution >= 0.6 is 0 Å². The minimum absolute atomic E-state index is 0.00772. The molecule has 2 rings (SSSR count). The lowest BCUT2D eigenvalue weighted by Gasteiger charge is -2.21. The van der Waals surface area contributed by atoms with E-state index in [1.807, 2.05) is 0 Å². The van der Waals surface area contributed by atoms with Gasteiger partial charge in [0.1, 0.15) is 11.6 Å². The molecule has 2 aromatic rings. The minimum Gasteiger partial charge on any atom is -0.366 e. The molecular weight excluding hydrogens is 324 g/mol. The van der Waals surface area contributed by atoms with E-state index >= 15 is 0 Å². The highest BCUT2D eigenvalue weighted by Crippen LogP contribution is 2.30. The molecule has 0 saturated carbocycles. The van der Waals surface area contributed by atoms with E-state index in [2.05, 4.69) is 20.6 Å². The van der Waals surface area contributed by atoms with Crippen molar-refractivity contribution < 1.29 is 17.6 Å². The Bertz CT molecular complexity index is 708. The van der Waals surface area contributed by atoms with Gasteiger partial charge in [0.2, 0.25) is 5.95 Å². The molecule has 0 aliphatic carbocycles. The fourth-order valence-electron chi connectivity index (χ4n) is 1.91. The maximum atomic E-state index is 13.2. The minimum atomic E-state index is -4.59. The second kappa shape index (κ2) is 6.62. The number of hydrogen-bond acceptors (Lipinski definition) is 4. The van der Waals surface area contributed by atoms with Gasteiger partial charge in [0.25, 0.3) is 0 Å². The normalized spacial score (nSPS) is 12.1. The molecule has 0 aliphatic heterocycles. The molecule has 0 saturated heterocycles. The molecule has 1 heterocycles. The summed E-state index contributed by atoms with van der Waals surface area (Å²) < 4.78 is 52.2. The first-order chi connectivity index (χ1) is 11.0. The monoisotopic (exact) mass is 342 g/mol. The molecule has 0 unspecified atom stereocenters. The van der Waals surface area contributed by atoms with E-state index in [9.17, 15) is 17.6 Å². The molecule has 0 bridgehead atoms. The van der Waals surface area contributed by atoms with Crippen LogP contribution in [0.2, 0.25) is 0 Å². The van der Waals surface area contributed by atoms with Gasteiger partial charge in [-0.05, 0) is 38.5 Å². The van der Waals surface area contributed by atoms with Crippen LogP contribution < -0.4 is 10.6 Å². The summed E-state index contributed by atoms with van der Waals surface area (Å²) in [7, 11) is 0. The molecular formula is C16H18F4N4. The molecule has 0 amide bonds. The summed E-state index contributed by atoms with van der Waals surface area (Å²) in [4.78, 5) is 7.55. The third-order valence-electron chi connectivity index (χ3n) is 2.87. The van der Waals surface area contributed by atoms with Crippen LogP contribution in [0.25, 0.3) is 0 Å². The number of anilines is 2. The number of alkyl halides is 3. The molecule has 0 aliphatic rings. The Morgan fingerprint density at radius 2 is 1.75 bits per heavy atom. The summed E-state index contributed by atoms with van der Waals surface area (Å²) in [5.41, 5.74) is -0.956. The second-order valence-electron chi connectivity index (χ2n) is 6.32. The predicted molar refractivity (Wildman–Crippen MR) is 84.1 cm³/mol. The molecule has 130 valence electrons. The van der Waals surface area contributed by atoms with Gasteiger partial charge in [-0.2, -0.15) is 18.2 Å². The molecule has 24 heavy (non-hydrogen) atoms. The largest absolute Gasteiger partial charge is 0.433 e. The first kappa shape index (κ1) is 18.0. The number of aromatic nitrogens is 2. The van der Waals surface area contributed by atoms with Crippen LogP contribution in [-0.2, 0) is 12.7 Å². The van der Waals surface area contributed by atoms with Crippen LogP contribution in [0.5, 0.6) is 0 Å². The molecule has 1 aromatic heterocycles. The summed E-state index contributed by atoms with van der Waals surface area (Å²) in [6.07, 6.45) is -4.59. The van der Waals surface area contributed by atoms with E-state index in [0.717, 1.165) is 6.07 Å². The maximum absolute atomic E-state index is 13.2. The molecule has 0 atom stereocenters. The third-order valence-corrected chi connectivity index (χ3v) is 2.87. The van der Waals surface area contributed by atoms with Crippen LogP contribution in [0.15, 0.2) is 30.3 Å². The van der Waals surface area contributed by atoms with Crippen molar-refractivity contribution in [2.24, 2.45) is 0 Å². The zero-order valence-electron chi connectivity index (χ0n) is 13.5. The van der Waals surface area contributed by atoms with Gasteiger partial charge in [-0.3, -0.25) is 0 Å². The molecule has 1 aromatic carbocycles. The van der Waals surface area contributed by atoms with Gasteiger partial charge < -0.3 is 10.6 Å². The fraction of sp³-hybridized carbons (Fsp3) is 0.375. The van der Waals surface area contributed by atoms with Crippen LogP contribution in [-0.4, -0.2) is 15.5 Å². The lowest BCUT2D eigenvalue weighted by molar-refractivity contribution is -0.141. The fourth-order valence-corrected chi connectivity index (χ4v) is 1.91. The standard InChI is InChI=1S/C16H18F4N4/c1-15(2,3)24-14-22-12(16(18,19)20)8-13(23-14)21-9-10-5-4-6-11(17)7-10/h4-8H,9H2,1-3H3,(H2,21,22,23,24). The molecule has 2 N–H and O–H groups in total. The lowest BCUT2D eigenvalue weighted by Crippen LogP contribution is -2.28. The second-order valence-corrected chi connectivity index (χ2v) is 6.32. The van der Waals surface area contributed by atoms with E-state index in [1.54, 1.807) is 26.8 Å². The summed E-state index contributed by atoms with van der Waals surface area (Å²) in [5.74, 6) is -0.532. The van der Waals surface area contributed by atoms with Crippen molar-refractivity contribution in [3.05, 3.63) is 47.4 Å². The quantitative estimate of drug-likeness (QED) is 0.806. The first-order valence-electron chi connectivity index (χ1n) is 7.26. The van der Waals surface area contributed by atoms with E-state index in [1.165, 1.54) is 18.2 Å². The smallest absolute Gasteiger partial charge is 0.366 e. The lowest BCUT2D eigenvalue weighted by atomic mass is 10.1. The molecule has 0 radical (unpaired) electrons. The van der Waals surface area contributed by atoms with E-state index < -0.39 is 23.2 Å². The molecule has 8 heteroatoms. The SMILES string of the molecule is CC(C)(C)Nc1nc(NCc2cccc(F)c2)cc(C(F)(F)F)n1. The molecule has 0 spiro atoms. The number of rotatable bonds is 4. The van der Waals surface area contributed by atoms with Gasteiger partial charge in [0.05, 0.1) is 0 Å². The number of hydrogen-bond donors (Lipinski definition) is 2. The van der Waals surface area contributed by atoms with Crippen molar-refractivity contribution in [2.75, 3.05) is 10.6 Å². The van der Waals surface area contributed by atoms with Crippen LogP contribution in [0.4, 0.5) is 29.3 Å². The van der Waals surface area contributed by atoms with Crippen LogP contribution in [0.1, 0.15) is 32.0 Å². The topological polar surface area (TPSA) is 49.8 Å². The summed E-state index contributed by atoms with van der Waals surface area (Å²) in [6, 6.07) is 6.61. The first-order valence-corrected chi connectivity index (χ1v) is 7.26.